The highest BCUT2D eigenvalue weighted by atomic mass is 16.4. The van der Waals surface area contributed by atoms with E-state index in [2.05, 4.69) is 17.9 Å². The van der Waals surface area contributed by atoms with Crippen molar-refractivity contribution in [2.24, 2.45) is 5.92 Å². The zero-order chi connectivity index (χ0) is 14.5. The van der Waals surface area contributed by atoms with Crippen molar-refractivity contribution < 1.29 is 9.90 Å². The zero-order valence-electron chi connectivity index (χ0n) is 11.7. The molecule has 2 rings (SSSR count). The van der Waals surface area contributed by atoms with E-state index in [1.807, 2.05) is 18.2 Å². The molecule has 0 aromatic heterocycles. The van der Waals surface area contributed by atoms with Crippen molar-refractivity contribution in [3.63, 3.8) is 0 Å². The second kappa shape index (κ2) is 6.53. The Morgan fingerprint density at radius 2 is 2.40 bits per heavy atom. The van der Waals surface area contributed by atoms with E-state index in [-0.39, 0.29) is 18.4 Å². The van der Waals surface area contributed by atoms with Crippen LogP contribution in [-0.2, 0) is 4.79 Å². The molecule has 0 saturated carbocycles. The second-order valence-corrected chi connectivity index (χ2v) is 5.51. The first-order valence-electron chi connectivity index (χ1n) is 7.06. The van der Waals surface area contributed by atoms with E-state index in [1.165, 1.54) is 0 Å². The number of carboxylic acid groups (broad SMARTS) is 1. The quantitative estimate of drug-likeness (QED) is 0.915. The summed E-state index contributed by atoms with van der Waals surface area (Å²) in [6, 6.07) is 10.1. The Balaban J connectivity index is 2.06. The summed E-state index contributed by atoms with van der Waals surface area (Å²) in [5.41, 5.74) is 1.80. The molecule has 1 aliphatic heterocycles. The van der Waals surface area contributed by atoms with Gasteiger partial charge in [-0.3, -0.25) is 9.69 Å². The van der Waals surface area contributed by atoms with Crippen LogP contribution in [0.2, 0.25) is 0 Å². The van der Waals surface area contributed by atoms with E-state index in [1.54, 1.807) is 6.07 Å². The van der Waals surface area contributed by atoms with Gasteiger partial charge in [0.2, 0.25) is 0 Å². The summed E-state index contributed by atoms with van der Waals surface area (Å²) in [4.78, 5) is 13.2. The Hall–Kier alpha value is -1.86. The average Bonchev–Trinajstić information content (AvgIpc) is 2.46. The van der Waals surface area contributed by atoms with Crippen LogP contribution in [0, 0.1) is 17.2 Å². The molecule has 1 saturated heterocycles. The largest absolute Gasteiger partial charge is 0.481 e. The smallest absolute Gasteiger partial charge is 0.303 e. The maximum absolute atomic E-state index is 10.8. The van der Waals surface area contributed by atoms with Crippen molar-refractivity contribution in [1.82, 2.24) is 4.90 Å². The predicted octanol–water partition coefficient (Wildman–Crippen LogP) is 2.81. The molecular weight excluding hydrogens is 252 g/mol. The Bertz CT molecular complexity index is 521. The van der Waals surface area contributed by atoms with Gasteiger partial charge < -0.3 is 5.11 Å². The third-order valence-corrected chi connectivity index (χ3v) is 4.06. The average molecular weight is 272 g/mol. The minimum absolute atomic E-state index is 0.222. The lowest BCUT2D eigenvalue weighted by molar-refractivity contribution is -0.138. The van der Waals surface area contributed by atoms with Crippen LogP contribution in [0.3, 0.4) is 0 Å². The zero-order valence-corrected chi connectivity index (χ0v) is 11.7. The molecule has 0 radical (unpaired) electrons. The van der Waals surface area contributed by atoms with Crippen LogP contribution in [-0.4, -0.2) is 29.1 Å². The number of hydrogen-bond acceptors (Lipinski definition) is 3. The monoisotopic (exact) mass is 272 g/mol. The highest BCUT2D eigenvalue weighted by molar-refractivity contribution is 5.67. The number of nitriles is 1. The van der Waals surface area contributed by atoms with Gasteiger partial charge in [0.1, 0.15) is 0 Å². The molecule has 4 heteroatoms. The summed E-state index contributed by atoms with van der Waals surface area (Å²) in [5, 5.41) is 17.9. The molecule has 1 aliphatic rings. The summed E-state index contributed by atoms with van der Waals surface area (Å²) in [6.45, 7) is 3.94. The van der Waals surface area contributed by atoms with Gasteiger partial charge in [0, 0.05) is 19.0 Å². The fourth-order valence-electron chi connectivity index (χ4n) is 2.94. The standard InChI is InChI=1S/C16H20N2O2/c1-12(15-6-2-4-13(8-15)10-17)18-7-3-5-14(11-18)9-16(19)20/h2,4,6,8,12,14H,3,5,7,9,11H2,1H3,(H,19,20). The summed E-state index contributed by atoms with van der Waals surface area (Å²) in [6.07, 6.45) is 2.29. The Morgan fingerprint density at radius 3 is 3.10 bits per heavy atom. The van der Waals surface area contributed by atoms with Crippen molar-refractivity contribution in [1.29, 1.82) is 5.26 Å². The van der Waals surface area contributed by atoms with Crippen LogP contribution in [0.15, 0.2) is 24.3 Å². The summed E-state index contributed by atoms with van der Waals surface area (Å²) in [5.74, 6) is -0.473. The highest BCUT2D eigenvalue weighted by Gasteiger charge is 2.25. The van der Waals surface area contributed by atoms with E-state index in [0.29, 0.717) is 5.56 Å². The molecule has 4 nitrogen and oxygen atoms in total. The SMILES string of the molecule is CC(c1cccc(C#N)c1)N1CCCC(CC(=O)O)C1. The number of carbonyl (C=O) groups is 1. The second-order valence-electron chi connectivity index (χ2n) is 5.51. The number of hydrogen-bond donors (Lipinski definition) is 1. The van der Waals surface area contributed by atoms with E-state index < -0.39 is 5.97 Å². The lowest BCUT2D eigenvalue weighted by atomic mass is 9.92. The molecule has 2 unspecified atom stereocenters. The lowest BCUT2D eigenvalue weighted by Gasteiger charge is -2.36. The molecular formula is C16H20N2O2. The number of likely N-dealkylation sites (tertiary alicyclic amines) is 1. The van der Waals surface area contributed by atoms with Gasteiger partial charge in [-0.05, 0) is 49.9 Å². The first-order valence-corrected chi connectivity index (χ1v) is 7.06. The normalized spacial score (nSPS) is 21.1. The molecule has 106 valence electrons. The summed E-state index contributed by atoms with van der Waals surface area (Å²) >= 11 is 0. The Labute approximate surface area is 119 Å². The molecule has 0 amide bonds. The minimum Gasteiger partial charge on any atom is -0.481 e. The number of rotatable bonds is 4. The maximum Gasteiger partial charge on any atom is 0.303 e. The first-order chi connectivity index (χ1) is 9.60. The van der Waals surface area contributed by atoms with Gasteiger partial charge in [-0.2, -0.15) is 5.26 Å². The number of piperidine rings is 1. The third-order valence-electron chi connectivity index (χ3n) is 4.06. The fraction of sp³-hybridized carbons (Fsp3) is 0.500. The van der Waals surface area contributed by atoms with Crippen molar-refractivity contribution in [3.8, 4) is 6.07 Å². The van der Waals surface area contributed by atoms with Gasteiger partial charge >= 0.3 is 5.97 Å². The van der Waals surface area contributed by atoms with E-state index in [9.17, 15) is 4.79 Å². The lowest BCUT2D eigenvalue weighted by Crippen LogP contribution is -2.38. The van der Waals surface area contributed by atoms with Crippen LogP contribution >= 0.6 is 0 Å². The van der Waals surface area contributed by atoms with Gasteiger partial charge in [0.15, 0.2) is 0 Å². The van der Waals surface area contributed by atoms with Crippen molar-refractivity contribution in [2.75, 3.05) is 13.1 Å². The van der Waals surface area contributed by atoms with Crippen LogP contribution in [0.25, 0.3) is 0 Å². The van der Waals surface area contributed by atoms with Gasteiger partial charge in [-0.1, -0.05) is 12.1 Å². The van der Waals surface area contributed by atoms with Crippen molar-refractivity contribution >= 4 is 5.97 Å². The molecule has 0 bridgehead atoms. The number of nitrogens with zero attached hydrogens (tertiary/aromatic N) is 2. The maximum atomic E-state index is 10.8. The van der Waals surface area contributed by atoms with Gasteiger partial charge in [-0.25, -0.2) is 0 Å². The van der Waals surface area contributed by atoms with Crippen LogP contribution in [0.1, 0.15) is 43.4 Å². The Kier molecular flexibility index (Phi) is 4.75. The first kappa shape index (κ1) is 14.5. The molecule has 1 heterocycles. The molecule has 20 heavy (non-hydrogen) atoms. The van der Waals surface area contributed by atoms with Gasteiger partial charge in [0.25, 0.3) is 0 Å². The summed E-state index contributed by atoms with van der Waals surface area (Å²) < 4.78 is 0. The molecule has 1 fully saturated rings. The molecule has 0 spiro atoms. The van der Waals surface area contributed by atoms with E-state index >= 15 is 0 Å². The van der Waals surface area contributed by atoms with Crippen LogP contribution in [0.4, 0.5) is 0 Å². The predicted molar refractivity (Wildman–Crippen MR) is 76.1 cm³/mol. The number of aliphatic carboxylic acids is 1. The summed E-state index contributed by atoms with van der Waals surface area (Å²) in [7, 11) is 0. The Morgan fingerprint density at radius 1 is 1.60 bits per heavy atom. The number of benzene rings is 1. The van der Waals surface area contributed by atoms with Crippen LogP contribution < -0.4 is 0 Å². The van der Waals surface area contributed by atoms with Gasteiger partial charge in [0.05, 0.1) is 11.6 Å². The number of carboxylic acids is 1. The van der Waals surface area contributed by atoms with Crippen molar-refractivity contribution in [3.05, 3.63) is 35.4 Å². The molecule has 0 aliphatic carbocycles. The third kappa shape index (κ3) is 3.58. The minimum atomic E-state index is -0.712. The molecule has 1 N–H and O–H groups in total. The highest BCUT2D eigenvalue weighted by Crippen LogP contribution is 2.28. The molecule has 1 aromatic carbocycles. The topological polar surface area (TPSA) is 64.3 Å². The molecule has 1 aromatic rings. The van der Waals surface area contributed by atoms with Crippen LogP contribution in [0.5, 0.6) is 0 Å². The molecule has 2 atom stereocenters. The van der Waals surface area contributed by atoms with Gasteiger partial charge in [-0.15, -0.1) is 0 Å². The van der Waals surface area contributed by atoms with E-state index in [4.69, 9.17) is 10.4 Å². The van der Waals surface area contributed by atoms with E-state index in [0.717, 1.165) is 31.5 Å². The fourth-order valence-corrected chi connectivity index (χ4v) is 2.94. The van der Waals surface area contributed by atoms with Crippen molar-refractivity contribution in [2.45, 2.75) is 32.2 Å².